The quantitative estimate of drug-likeness (QED) is 0.725. The van der Waals surface area contributed by atoms with E-state index >= 15 is 0 Å². The van der Waals surface area contributed by atoms with E-state index in [1.165, 1.54) is 31.2 Å². The molecule has 0 heterocycles. The summed E-state index contributed by atoms with van der Waals surface area (Å²) in [4.78, 5) is 24.4. The molecule has 2 aromatic rings. The zero-order valence-corrected chi connectivity index (χ0v) is 16.1. The normalized spacial score (nSPS) is 12.1. The molecule has 2 aromatic carbocycles. The fourth-order valence-electron chi connectivity index (χ4n) is 2.30. The number of sulfone groups is 1. The van der Waals surface area contributed by atoms with E-state index in [1.54, 1.807) is 13.2 Å². The van der Waals surface area contributed by atoms with Gasteiger partial charge in [0.2, 0.25) is 0 Å². The van der Waals surface area contributed by atoms with Gasteiger partial charge < -0.3 is 14.8 Å². The number of esters is 1. The van der Waals surface area contributed by atoms with Gasteiger partial charge in [0.1, 0.15) is 5.75 Å². The highest BCUT2D eigenvalue weighted by Crippen LogP contribution is 2.17. The second-order valence-electron chi connectivity index (χ2n) is 5.87. The van der Waals surface area contributed by atoms with Gasteiger partial charge in [-0.15, -0.1) is 0 Å². The molecular formula is C19H21NO6S. The first-order chi connectivity index (χ1) is 12.7. The average Bonchev–Trinajstić information content (AvgIpc) is 2.65. The number of carbonyl (C=O) groups is 2. The van der Waals surface area contributed by atoms with Gasteiger partial charge in [0.25, 0.3) is 5.91 Å². The van der Waals surface area contributed by atoms with Crippen molar-refractivity contribution in [2.45, 2.75) is 24.5 Å². The lowest BCUT2D eigenvalue weighted by Gasteiger charge is -2.14. The monoisotopic (exact) mass is 391 g/mol. The van der Waals surface area contributed by atoms with Crippen molar-refractivity contribution in [2.75, 3.05) is 13.4 Å². The van der Waals surface area contributed by atoms with E-state index in [1.807, 2.05) is 18.2 Å². The fourth-order valence-corrected chi connectivity index (χ4v) is 2.93. The van der Waals surface area contributed by atoms with Crippen molar-refractivity contribution < 1.29 is 27.5 Å². The Labute approximate surface area is 158 Å². The summed E-state index contributed by atoms with van der Waals surface area (Å²) in [5.41, 5.74) is 0.954. The van der Waals surface area contributed by atoms with E-state index in [2.05, 4.69) is 5.32 Å². The summed E-state index contributed by atoms with van der Waals surface area (Å²) in [5.74, 6) is -0.523. The summed E-state index contributed by atoms with van der Waals surface area (Å²) < 4.78 is 33.2. The van der Waals surface area contributed by atoms with E-state index in [4.69, 9.17) is 9.47 Å². The van der Waals surface area contributed by atoms with Gasteiger partial charge >= 0.3 is 5.97 Å². The molecule has 0 aromatic heterocycles. The maximum atomic E-state index is 12.2. The summed E-state index contributed by atoms with van der Waals surface area (Å²) in [5, 5.41) is 2.68. The molecule has 0 fully saturated rings. The SMILES string of the molecule is COc1ccccc1CNC(=O)[C@H](C)OC(=O)c1ccc(S(C)(=O)=O)cc1. The van der Waals surface area contributed by atoms with Crippen LogP contribution in [0.4, 0.5) is 0 Å². The van der Waals surface area contributed by atoms with Crippen LogP contribution in [0, 0.1) is 0 Å². The van der Waals surface area contributed by atoms with Crippen LogP contribution in [-0.4, -0.2) is 39.8 Å². The Balaban J connectivity index is 1.94. The van der Waals surface area contributed by atoms with Gasteiger partial charge in [-0.3, -0.25) is 4.79 Å². The van der Waals surface area contributed by atoms with E-state index in [0.717, 1.165) is 11.8 Å². The predicted molar refractivity (Wildman–Crippen MR) is 99.3 cm³/mol. The Morgan fingerprint density at radius 3 is 2.30 bits per heavy atom. The highest BCUT2D eigenvalue weighted by molar-refractivity contribution is 7.90. The van der Waals surface area contributed by atoms with Gasteiger partial charge in [0.15, 0.2) is 15.9 Å². The predicted octanol–water partition coefficient (Wildman–Crippen LogP) is 1.96. The summed E-state index contributed by atoms with van der Waals surface area (Å²) in [7, 11) is -1.81. The molecule has 27 heavy (non-hydrogen) atoms. The maximum absolute atomic E-state index is 12.2. The molecule has 1 atom stereocenters. The van der Waals surface area contributed by atoms with Gasteiger partial charge in [0.05, 0.1) is 17.6 Å². The van der Waals surface area contributed by atoms with Crippen LogP contribution in [0.15, 0.2) is 53.4 Å². The van der Waals surface area contributed by atoms with Crippen LogP contribution in [0.3, 0.4) is 0 Å². The van der Waals surface area contributed by atoms with E-state index in [0.29, 0.717) is 5.75 Å². The van der Waals surface area contributed by atoms with Gasteiger partial charge in [-0.25, -0.2) is 13.2 Å². The molecule has 0 spiro atoms. The molecule has 1 N–H and O–H groups in total. The molecule has 0 aliphatic carbocycles. The molecule has 2 rings (SSSR count). The van der Waals surface area contributed by atoms with Crippen LogP contribution < -0.4 is 10.1 Å². The van der Waals surface area contributed by atoms with Crippen LogP contribution in [0.2, 0.25) is 0 Å². The molecule has 0 unspecified atom stereocenters. The van der Waals surface area contributed by atoms with Crippen molar-refractivity contribution in [1.29, 1.82) is 0 Å². The van der Waals surface area contributed by atoms with Crippen LogP contribution >= 0.6 is 0 Å². The number of amides is 1. The summed E-state index contributed by atoms with van der Waals surface area (Å²) in [6.07, 6.45) is 0.0656. The minimum Gasteiger partial charge on any atom is -0.496 e. The highest BCUT2D eigenvalue weighted by atomic mass is 32.2. The minimum absolute atomic E-state index is 0.0987. The third kappa shape index (κ3) is 5.55. The molecule has 0 bridgehead atoms. The number of carbonyl (C=O) groups excluding carboxylic acids is 2. The van der Waals surface area contributed by atoms with Crippen LogP contribution in [0.25, 0.3) is 0 Å². The molecular weight excluding hydrogens is 370 g/mol. The number of hydrogen-bond acceptors (Lipinski definition) is 6. The first kappa shape index (κ1) is 20.4. The van der Waals surface area contributed by atoms with Crippen molar-refractivity contribution in [2.24, 2.45) is 0 Å². The first-order valence-electron chi connectivity index (χ1n) is 8.13. The Bertz CT molecular complexity index is 921. The molecule has 0 saturated carbocycles. The van der Waals surface area contributed by atoms with Crippen molar-refractivity contribution in [1.82, 2.24) is 5.32 Å². The van der Waals surface area contributed by atoms with E-state index < -0.39 is 27.8 Å². The maximum Gasteiger partial charge on any atom is 0.338 e. The van der Waals surface area contributed by atoms with Gasteiger partial charge in [-0.1, -0.05) is 18.2 Å². The number of methoxy groups -OCH3 is 1. The Morgan fingerprint density at radius 1 is 1.07 bits per heavy atom. The highest BCUT2D eigenvalue weighted by Gasteiger charge is 2.19. The minimum atomic E-state index is -3.35. The number of benzene rings is 2. The second kappa shape index (κ2) is 8.68. The molecule has 144 valence electrons. The average molecular weight is 391 g/mol. The molecule has 0 radical (unpaired) electrons. The molecule has 0 saturated heterocycles. The summed E-state index contributed by atoms with van der Waals surface area (Å²) >= 11 is 0. The lowest BCUT2D eigenvalue weighted by atomic mass is 10.2. The molecule has 1 amide bonds. The van der Waals surface area contributed by atoms with Gasteiger partial charge in [-0.05, 0) is 37.3 Å². The topological polar surface area (TPSA) is 98.8 Å². The zero-order valence-electron chi connectivity index (χ0n) is 15.3. The van der Waals surface area contributed by atoms with Gasteiger partial charge in [-0.2, -0.15) is 0 Å². The number of rotatable bonds is 7. The standard InChI is InChI=1S/C19H21NO6S/c1-13(18(21)20-12-15-6-4-5-7-17(15)25-2)26-19(22)14-8-10-16(11-9-14)27(3,23)24/h4-11,13H,12H2,1-3H3,(H,20,21)/t13-/m0/s1. The van der Waals surface area contributed by atoms with Crippen LogP contribution in [0.5, 0.6) is 5.75 Å². The van der Waals surface area contributed by atoms with E-state index in [9.17, 15) is 18.0 Å². The zero-order chi connectivity index (χ0) is 20.0. The molecule has 8 heteroatoms. The van der Waals surface area contributed by atoms with Crippen LogP contribution in [-0.2, 0) is 25.9 Å². The number of para-hydroxylation sites is 1. The Kier molecular flexibility index (Phi) is 6.57. The fraction of sp³-hybridized carbons (Fsp3) is 0.263. The van der Waals surface area contributed by atoms with Crippen molar-refractivity contribution >= 4 is 21.7 Å². The molecule has 7 nitrogen and oxygen atoms in total. The third-order valence-electron chi connectivity index (χ3n) is 3.82. The summed E-state index contributed by atoms with van der Waals surface area (Å²) in [6, 6.07) is 12.6. The van der Waals surface area contributed by atoms with Crippen molar-refractivity contribution in [3.63, 3.8) is 0 Å². The first-order valence-corrected chi connectivity index (χ1v) is 10.0. The second-order valence-corrected chi connectivity index (χ2v) is 7.89. The largest absolute Gasteiger partial charge is 0.496 e. The van der Waals surface area contributed by atoms with Crippen molar-refractivity contribution in [3.8, 4) is 5.75 Å². The van der Waals surface area contributed by atoms with Gasteiger partial charge in [0, 0.05) is 18.4 Å². The smallest absolute Gasteiger partial charge is 0.338 e. The van der Waals surface area contributed by atoms with E-state index in [-0.39, 0.29) is 17.0 Å². The van der Waals surface area contributed by atoms with Crippen LogP contribution in [0.1, 0.15) is 22.8 Å². The number of ether oxygens (including phenoxy) is 2. The molecule has 0 aliphatic rings. The summed E-state index contributed by atoms with van der Waals surface area (Å²) in [6.45, 7) is 1.69. The lowest BCUT2D eigenvalue weighted by molar-refractivity contribution is -0.129. The Hall–Kier alpha value is -2.87. The number of nitrogens with one attached hydrogen (secondary N) is 1. The number of hydrogen-bond donors (Lipinski definition) is 1. The Morgan fingerprint density at radius 2 is 1.70 bits per heavy atom. The third-order valence-corrected chi connectivity index (χ3v) is 4.95. The van der Waals surface area contributed by atoms with Crippen molar-refractivity contribution in [3.05, 3.63) is 59.7 Å². The molecule has 0 aliphatic heterocycles. The lowest BCUT2D eigenvalue weighted by Crippen LogP contribution is -2.35.